The fourth-order valence-electron chi connectivity index (χ4n) is 2.66. The maximum atomic E-state index is 13.2. The number of hydrogen-bond acceptors (Lipinski definition) is 2. The van der Waals surface area contributed by atoms with Crippen molar-refractivity contribution < 1.29 is 9.18 Å². The van der Waals surface area contributed by atoms with E-state index in [4.69, 9.17) is 0 Å². The van der Waals surface area contributed by atoms with Gasteiger partial charge < -0.3 is 4.90 Å². The lowest BCUT2D eigenvalue weighted by molar-refractivity contribution is -0.134. The molecule has 1 aromatic heterocycles. The summed E-state index contributed by atoms with van der Waals surface area (Å²) < 4.78 is 15.1. The van der Waals surface area contributed by atoms with Gasteiger partial charge in [0.1, 0.15) is 0 Å². The molecule has 1 aromatic rings. The van der Waals surface area contributed by atoms with Crippen molar-refractivity contribution in [1.29, 1.82) is 0 Å². The summed E-state index contributed by atoms with van der Waals surface area (Å²) in [5.74, 6) is -1.54. The Labute approximate surface area is 119 Å². The number of fused-ring (bicyclic) bond motifs is 1. The molecule has 1 aliphatic rings. The fraction of sp³-hybridized carbons (Fsp3) is 0.600. The summed E-state index contributed by atoms with van der Waals surface area (Å²) in [7, 11) is 0. The molecule has 0 aliphatic carbocycles. The fourth-order valence-corrected chi connectivity index (χ4v) is 2.66. The molecule has 1 aliphatic heterocycles. The van der Waals surface area contributed by atoms with Gasteiger partial charge in [0.15, 0.2) is 5.83 Å². The van der Waals surface area contributed by atoms with Gasteiger partial charge in [-0.05, 0) is 19.9 Å². The molecule has 2 atom stereocenters. The van der Waals surface area contributed by atoms with Crippen molar-refractivity contribution in [1.82, 2.24) is 14.7 Å². The number of rotatable bonds is 1. The lowest BCUT2D eigenvalue weighted by atomic mass is 9.92. The Morgan fingerprint density at radius 3 is 2.55 bits per heavy atom. The molecular formula is C15H22FN3O. The van der Waals surface area contributed by atoms with E-state index in [9.17, 15) is 9.18 Å². The smallest absolute Gasteiger partial charge is 0.282 e. The van der Waals surface area contributed by atoms with Crippen molar-refractivity contribution in [3.05, 3.63) is 29.9 Å². The first-order valence-corrected chi connectivity index (χ1v) is 6.88. The highest BCUT2D eigenvalue weighted by Gasteiger charge is 2.36. The third kappa shape index (κ3) is 2.37. The molecule has 0 saturated carbocycles. The van der Waals surface area contributed by atoms with Crippen LogP contribution in [0.4, 0.5) is 4.39 Å². The van der Waals surface area contributed by atoms with Crippen LogP contribution < -0.4 is 0 Å². The predicted molar refractivity (Wildman–Crippen MR) is 75.9 cm³/mol. The minimum atomic E-state index is -0.910. The third-order valence-electron chi connectivity index (χ3n) is 3.80. The average Bonchev–Trinajstić information content (AvgIpc) is 2.72. The molecule has 2 unspecified atom stereocenters. The van der Waals surface area contributed by atoms with E-state index < -0.39 is 11.7 Å². The second-order valence-electron chi connectivity index (χ2n) is 6.53. The van der Waals surface area contributed by atoms with Crippen LogP contribution in [-0.4, -0.2) is 26.6 Å². The maximum absolute atomic E-state index is 13.2. The van der Waals surface area contributed by atoms with Crippen molar-refractivity contribution in [2.24, 2.45) is 0 Å². The standard InChI is InChI=1S/C15H22FN3O/c1-9-8-18-12(7-13(17-18)15(4,5)6)11(3)19(9)14(20)10(2)16/h7,9,11H,2,8H2,1,3-6H3. The number of halogens is 1. The molecule has 2 heterocycles. The summed E-state index contributed by atoms with van der Waals surface area (Å²) in [5.41, 5.74) is 1.88. The molecule has 1 amide bonds. The van der Waals surface area contributed by atoms with Crippen LogP contribution in [0.3, 0.4) is 0 Å². The van der Waals surface area contributed by atoms with Crippen LogP contribution in [0.1, 0.15) is 52.0 Å². The molecule has 0 aromatic carbocycles. The van der Waals surface area contributed by atoms with Crippen LogP contribution in [0.5, 0.6) is 0 Å². The first-order chi connectivity index (χ1) is 9.12. The van der Waals surface area contributed by atoms with Crippen LogP contribution in [0, 0.1) is 0 Å². The lowest BCUT2D eigenvalue weighted by Crippen LogP contribution is -2.47. The molecule has 0 fully saturated rings. The molecule has 4 nitrogen and oxygen atoms in total. The van der Waals surface area contributed by atoms with Crippen molar-refractivity contribution in [3.63, 3.8) is 0 Å². The van der Waals surface area contributed by atoms with E-state index in [0.29, 0.717) is 6.54 Å². The number of amides is 1. The number of carbonyl (C=O) groups is 1. The van der Waals surface area contributed by atoms with Crippen molar-refractivity contribution in [2.75, 3.05) is 0 Å². The van der Waals surface area contributed by atoms with E-state index in [1.54, 1.807) is 4.90 Å². The van der Waals surface area contributed by atoms with Crippen LogP contribution in [0.25, 0.3) is 0 Å². The van der Waals surface area contributed by atoms with Crippen LogP contribution >= 0.6 is 0 Å². The first kappa shape index (κ1) is 14.8. The van der Waals surface area contributed by atoms with Gasteiger partial charge in [-0.25, -0.2) is 4.39 Å². The van der Waals surface area contributed by atoms with Crippen molar-refractivity contribution >= 4 is 5.91 Å². The molecule has 20 heavy (non-hydrogen) atoms. The summed E-state index contributed by atoms with van der Waals surface area (Å²) in [6.07, 6.45) is 0. The maximum Gasteiger partial charge on any atom is 0.282 e. The van der Waals surface area contributed by atoms with Gasteiger partial charge in [-0.2, -0.15) is 5.10 Å². The molecule has 0 saturated heterocycles. The zero-order valence-corrected chi connectivity index (χ0v) is 12.8. The summed E-state index contributed by atoms with van der Waals surface area (Å²) in [6.45, 7) is 13.8. The van der Waals surface area contributed by atoms with E-state index in [0.717, 1.165) is 11.4 Å². The molecular weight excluding hydrogens is 257 g/mol. The Kier molecular flexibility index (Phi) is 3.48. The van der Waals surface area contributed by atoms with E-state index in [-0.39, 0.29) is 17.5 Å². The van der Waals surface area contributed by atoms with Gasteiger partial charge in [-0.15, -0.1) is 0 Å². The molecule has 0 bridgehead atoms. The molecule has 0 spiro atoms. The van der Waals surface area contributed by atoms with Gasteiger partial charge in [0.05, 0.1) is 24.0 Å². The van der Waals surface area contributed by atoms with Crippen LogP contribution in [-0.2, 0) is 16.8 Å². The SMILES string of the molecule is C=C(F)C(=O)N1C(C)Cn2nc(C(C)(C)C)cc2C1C. The summed E-state index contributed by atoms with van der Waals surface area (Å²) in [6, 6.07) is 1.70. The van der Waals surface area contributed by atoms with Crippen LogP contribution in [0.2, 0.25) is 0 Å². The largest absolute Gasteiger partial charge is 0.324 e. The topological polar surface area (TPSA) is 38.1 Å². The number of carbonyl (C=O) groups excluding carboxylic acids is 1. The molecule has 2 rings (SSSR count). The van der Waals surface area contributed by atoms with Crippen molar-refractivity contribution in [2.45, 2.75) is 58.7 Å². The van der Waals surface area contributed by atoms with E-state index in [1.807, 2.05) is 24.6 Å². The molecule has 0 radical (unpaired) electrons. The normalized spacial score (nSPS) is 22.6. The molecule has 5 heteroatoms. The number of nitrogens with zero attached hydrogens (tertiary/aromatic N) is 3. The zero-order chi connectivity index (χ0) is 15.2. The Morgan fingerprint density at radius 2 is 2.05 bits per heavy atom. The van der Waals surface area contributed by atoms with Gasteiger partial charge in [0, 0.05) is 11.5 Å². The molecule has 110 valence electrons. The zero-order valence-electron chi connectivity index (χ0n) is 12.8. The van der Waals surface area contributed by atoms with Crippen LogP contribution in [0.15, 0.2) is 18.5 Å². The lowest BCUT2D eigenvalue weighted by Gasteiger charge is -2.38. The second kappa shape index (κ2) is 4.72. The Bertz CT molecular complexity index is 556. The number of aromatic nitrogens is 2. The van der Waals surface area contributed by atoms with Gasteiger partial charge in [-0.3, -0.25) is 9.48 Å². The number of hydrogen-bond donors (Lipinski definition) is 0. The minimum absolute atomic E-state index is 0.0498. The second-order valence-corrected chi connectivity index (χ2v) is 6.53. The first-order valence-electron chi connectivity index (χ1n) is 6.88. The summed E-state index contributed by atoms with van der Waals surface area (Å²) in [5, 5.41) is 4.62. The Balaban J connectivity index is 2.42. The highest BCUT2D eigenvalue weighted by Crippen LogP contribution is 2.33. The van der Waals surface area contributed by atoms with E-state index in [1.165, 1.54) is 0 Å². The Morgan fingerprint density at radius 1 is 1.45 bits per heavy atom. The highest BCUT2D eigenvalue weighted by molar-refractivity contribution is 5.91. The third-order valence-corrected chi connectivity index (χ3v) is 3.80. The Hall–Kier alpha value is -1.65. The van der Waals surface area contributed by atoms with E-state index >= 15 is 0 Å². The van der Waals surface area contributed by atoms with Gasteiger partial charge in [0.25, 0.3) is 5.91 Å². The summed E-state index contributed by atoms with van der Waals surface area (Å²) >= 11 is 0. The monoisotopic (exact) mass is 279 g/mol. The quantitative estimate of drug-likeness (QED) is 0.741. The predicted octanol–water partition coefficient (Wildman–Crippen LogP) is 2.96. The van der Waals surface area contributed by atoms with E-state index in [2.05, 4.69) is 32.4 Å². The van der Waals surface area contributed by atoms with Gasteiger partial charge >= 0.3 is 0 Å². The van der Waals surface area contributed by atoms with Gasteiger partial charge in [-0.1, -0.05) is 27.4 Å². The molecule has 0 N–H and O–H groups in total. The van der Waals surface area contributed by atoms with Gasteiger partial charge in [0.2, 0.25) is 0 Å². The average molecular weight is 279 g/mol. The minimum Gasteiger partial charge on any atom is -0.324 e. The van der Waals surface area contributed by atoms with Crippen molar-refractivity contribution in [3.8, 4) is 0 Å². The highest BCUT2D eigenvalue weighted by atomic mass is 19.1. The summed E-state index contributed by atoms with van der Waals surface area (Å²) in [4.78, 5) is 13.5.